The zero-order valence-corrected chi connectivity index (χ0v) is 12.9. The van der Waals surface area contributed by atoms with E-state index in [4.69, 9.17) is 0 Å². The summed E-state index contributed by atoms with van der Waals surface area (Å²) in [5.41, 5.74) is -1.82. The summed E-state index contributed by atoms with van der Waals surface area (Å²) in [5, 5.41) is 2.62. The summed E-state index contributed by atoms with van der Waals surface area (Å²) in [7, 11) is 0. The second-order valence-electron chi connectivity index (χ2n) is 5.92. The highest BCUT2D eigenvalue weighted by Crippen LogP contribution is 2.36. The normalized spacial score (nSPS) is 12.0. The first-order valence-electron chi connectivity index (χ1n) is 6.67. The van der Waals surface area contributed by atoms with Crippen LogP contribution in [0.2, 0.25) is 0 Å². The van der Waals surface area contributed by atoms with Crippen LogP contribution in [0, 0.1) is 0 Å². The quantitative estimate of drug-likeness (QED) is 0.932. The maximum atomic E-state index is 13.0. The van der Waals surface area contributed by atoms with Crippen molar-refractivity contribution in [2.75, 3.05) is 11.4 Å². The van der Waals surface area contributed by atoms with Gasteiger partial charge in [-0.1, -0.05) is 12.1 Å². The van der Waals surface area contributed by atoms with Gasteiger partial charge in [-0.25, -0.2) is 0 Å². The Labute approximate surface area is 127 Å². The predicted molar refractivity (Wildman–Crippen MR) is 77.4 cm³/mol. The van der Waals surface area contributed by atoms with Gasteiger partial charge in [0.25, 0.3) is 0 Å². The highest BCUT2D eigenvalue weighted by atomic mass is 19.4. The number of halogens is 3. The van der Waals surface area contributed by atoms with Crippen LogP contribution in [-0.4, -0.2) is 23.9 Å². The molecule has 0 spiro atoms. The molecule has 0 atom stereocenters. The summed E-state index contributed by atoms with van der Waals surface area (Å²) < 4.78 is 39.1. The molecule has 0 saturated carbocycles. The lowest BCUT2D eigenvalue weighted by molar-refractivity contribution is -0.137. The van der Waals surface area contributed by atoms with Gasteiger partial charge < -0.3 is 10.2 Å². The first-order chi connectivity index (χ1) is 9.92. The topological polar surface area (TPSA) is 49.4 Å². The average Bonchev–Trinajstić information content (AvgIpc) is 2.32. The Morgan fingerprint density at radius 3 is 2.14 bits per heavy atom. The minimum absolute atomic E-state index is 0.327. The van der Waals surface area contributed by atoms with Crippen LogP contribution < -0.4 is 10.2 Å². The van der Waals surface area contributed by atoms with Crippen LogP contribution >= 0.6 is 0 Å². The number of anilines is 1. The summed E-state index contributed by atoms with van der Waals surface area (Å²) in [6, 6.07) is 4.68. The van der Waals surface area contributed by atoms with Crippen molar-refractivity contribution in [2.45, 2.75) is 39.4 Å². The van der Waals surface area contributed by atoms with Gasteiger partial charge in [-0.2, -0.15) is 13.2 Å². The molecule has 1 rings (SSSR count). The fourth-order valence-electron chi connectivity index (χ4n) is 1.92. The Balaban J connectivity index is 3.13. The van der Waals surface area contributed by atoms with Crippen molar-refractivity contribution in [2.24, 2.45) is 0 Å². The molecule has 0 bridgehead atoms. The van der Waals surface area contributed by atoms with Crippen molar-refractivity contribution in [3.63, 3.8) is 0 Å². The van der Waals surface area contributed by atoms with Crippen molar-refractivity contribution in [3.8, 4) is 0 Å². The first kappa shape index (κ1) is 18.0. The Bertz CT molecular complexity index is 563. The summed E-state index contributed by atoms with van der Waals surface area (Å²) >= 11 is 0. The number of amides is 2. The van der Waals surface area contributed by atoms with E-state index in [1.54, 1.807) is 20.8 Å². The number of benzene rings is 1. The number of para-hydroxylation sites is 1. The Hall–Kier alpha value is -2.05. The van der Waals surface area contributed by atoms with E-state index in [1.165, 1.54) is 18.2 Å². The molecule has 122 valence electrons. The number of alkyl halides is 3. The predicted octanol–water partition coefficient (Wildman–Crippen LogP) is 2.97. The number of carbonyl (C=O) groups is 2. The summed E-state index contributed by atoms with van der Waals surface area (Å²) in [6.45, 7) is 5.88. The molecule has 22 heavy (non-hydrogen) atoms. The Morgan fingerprint density at radius 2 is 1.68 bits per heavy atom. The fraction of sp³-hybridized carbons (Fsp3) is 0.467. The Morgan fingerprint density at radius 1 is 1.14 bits per heavy atom. The lowest BCUT2D eigenvalue weighted by Crippen LogP contribution is -2.47. The molecule has 2 amide bonds. The van der Waals surface area contributed by atoms with E-state index in [2.05, 4.69) is 5.32 Å². The summed E-state index contributed by atoms with van der Waals surface area (Å²) in [4.78, 5) is 24.4. The molecule has 7 heteroatoms. The van der Waals surface area contributed by atoms with E-state index in [-0.39, 0.29) is 5.69 Å². The molecule has 0 fully saturated rings. The molecule has 0 saturated heterocycles. The van der Waals surface area contributed by atoms with E-state index in [0.717, 1.165) is 17.9 Å². The number of carbonyl (C=O) groups excluding carboxylic acids is 2. The Kier molecular flexibility index (Phi) is 5.22. The van der Waals surface area contributed by atoms with E-state index >= 15 is 0 Å². The van der Waals surface area contributed by atoms with Crippen molar-refractivity contribution in [1.29, 1.82) is 0 Å². The van der Waals surface area contributed by atoms with Crippen LogP contribution in [0.15, 0.2) is 24.3 Å². The molecule has 0 aliphatic heterocycles. The largest absolute Gasteiger partial charge is 0.418 e. The van der Waals surface area contributed by atoms with Gasteiger partial charge in [-0.3, -0.25) is 9.59 Å². The molecule has 1 aromatic rings. The van der Waals surface area contributed by atoms with Gasteiger partial charge in [0.15, 0.2) is 0 Å². The van der Waals surface area contributed by atoms with Crippen LogP contribution in [0.5, 0.6) is 0 Å². The first-order valence-corrected chi connectivity index (χ1v) is 6.67. The number of hydrogen-bond acceptors (Lipinski definition) is 2. The van der Waals surface area contributed by atoms with Gasteiger partial charge in [0.05, 0.1) is 11.3 Å². The number of rotatable bonds is 3. The third-order valence-corrected chi connectivity index (χ3v) is 2.70. The number of hydrogen-bond donors (Lipinski definition) is 1. The van der Waals surface area contributed by atoms with E-state index in [1.807, 2.05) is 0 Å². The van der Waals surface area contributed by atoms with Gasteiger partial charge in [-0.15, -0.1) is 0 Å². The lowest BCUT2D eigenvalue weighted by atomic mass is 10.1. The minimum Gasteiger partial charge on any atom is -0.350 e. The molecular formula is C15H19F3N2O2. The van der Waals surface area contributed by atoms with Gasteiger partial charge >= 0.3 is 6.18 Å². The second-order valence-corrected chi connectivity index (χ2v) is 5.92. The van der Waals surface area contributed by atoms with E-state index < -0.39 is 35.6 Å². The van der Waals surface area contributed by atoms with Gasteiger partial charge in [0, 0.05) is 12.5 Å². The average molecular weight is 316 g/mol. The molecule has 4 nitrogen and oxygen atoms in total. The summed E-state index contributed by atoms with van der Waals surface area (Å²) in [6.07, 6.45) is -4.61. The molecule has 1 N–H and O–H groups in total. The molecular weight excluding hydrogens is 297 g/mol. The minimum atomic E-state index is -4.61. The van der Waals surface area contributed by atoms with Crippen LogP contribution in [0.4, 0.5) is 18.9 Å². The van der Waals surface area contributed by atoms with Crippen LogP contribution in [0.1, 0.15) is 33.3 Å². The standard InChI is InChI=1S/C15H19F3N2O2/c1-10(21)20(9-13(22)19-14(2,3)4)12-8-6-5-7-11(12)15(16,17)18/h5-8H,9H2,1-4H3,(H,19,22). The number of nitrogens with one attached hydrogen (secondary N) is 1. The number of nitrogens with zero attached hydrogens (tertiary/aromatic N) is 1. The monoisotopic (exact) mass is 316 g/mol. The third kappa shape index (κ3) is 5.05. The molecule has 0 unspecified atom stereocenters. The molecule has 0 radical (unpaired) electrons. The highest BCUT2D eigenvalue weighted by Gasteiger charge is 2.35. The lowest BCUT2D eigenvalue weighted by Gasteiger charge is -2.27. The molecule has 0 aromatic heterocycles. The van der Waals surface area contributed by atoms with E-state index in [0.29, 0.717) is 0 Å². The van der Waals surface area contributed by atoms with Crippen molar-refractivity contribution >= 4 is 17.5 Å². The zero-order valence-electron chi connectivity index (χ0n) is 12.9. The zero-order chi connectivity index (χ0) is 17.1. The maximum absolute atomic E-state index is 13.0. The molecule has 0 aliphatic carbocycles. The van der Waals surface area contributed by atoms with E-state index in [9.17, 15) is 22.8 Å². The van der Waals surface area contributed by atoms with Crippen molar-refractivity contribution in [3.05, 3.63) is 29.8 Å². The second kappa shape index (κ2) is 6.37. The SMILES string of the molecule is CC(=O)N(CC(=O)NC(C)(C)C)c1ccccc1C(F)(F)F. The van der Waals surface area contributed by atoms with Crippen LogP contribution in [0.25, 0.3) is 0 Å². The van der Waals surface area contributed by atoms with Gasteiger partial charge in [0.1, 0.15) is 6.54 Å². The summed E-state index contributed by atoms with van der Waals surface area (Å²) in [5.74, 6) is -1.17. The molecule has 0 aliphatic rings. The third-order valence-electron chi connectivity index (χ3n) is 2.70. The van der Waals surface area contributed by atoms with Crippen LogP contribution in [0.3, 0.4) is 0 Å². The maximum Gasteiger partial charge on any atom is 0.418 e. The highest BCUT2D eigenvalue weighted by molar-refractivity contribution is 5.98. The van der Waals surface area contributed by atoms with Crippen molar-refractivity contribution < 1.29 is 22.8 Å². The van der Waals surface area contributed by atoms with Crippen LogP contribution in [-0.2, 0) is 15.8 Å². The van der Waals surface area contributed by atoms with Gasteiger partial charge in [0.2, 0.25) is 11.8 Å². The van der Waals surface area contributed by atoms with Crippen molar-refractivity contribution in [1.82, 2.24) is 5.32 Å². The molecule has 1 aromatic carbocycles. The molecule has 0 heterocycles. The fourth-order valence-corrected chi connectivity index (χ4v) is 1.92. The van der Waals surface area contributed by atoms with Gasteiger partial charge in [-0.05, 0) is 32.9 Å². The smallest absolute Gasteiger partial charge is 0.350 e.